The fourth-order valence-electron chi connectivity index (χ4n) is 3.73. The van der Waals surface area contributed by atoms with E-state index in [0.29, 0.717) is 30.3 Å². The van der Waals surface area contributed by atoms with Gasteiger partial charge in [-0.1, -0.05) is 0 Å². The van der Waals surface area contributed by atoms with Gasteiger partial charge in [0, 0.05) is 30.5 Å². The van der Waals surface area contributed by atoms with Crippen LogP contribution in [0.4, 0.5) is 0 Å². The molecule has 2 aromatic heterocycles. The first-order valence-corrected chi connectivity index (χ1v) is 10.1. The molecule has 0 aliphatic carbocycles. The molecule has 1 saturated heterocycles. The molecular formula is C22H26N4O4. The van der Waals surface area contributed by atoms with E-state index in [0.717, 1.165) is 16.6 Å². The maximum atomic E-state index is 11.6. The van der Waals surface area contributed by atoms with Crippen LogP contribution in [0.5, 0.6) is 17.4 Å². The largest absolute Gasteiger partial charge is 0.504 e. The molecule has 3 heterocycles. The van der Waals surface area contributed by atoms with Crippen molar-refractivity contribution in [1.82, 2.24) is 19.9 Å². The Balaban J connectivity index is 1.78. The van der Waals surface area contributed by atoms with Gasteiger partial charge in [-0.2, -0.15) is 0 Å². The molecule has 0 bridgehead atoms. The van der Waals surface area contributed by atoms with Crippen molar-refractivity contribution in [3.05, 3.63) is 30.6 Å². The Morgan fingerprint density at radius 2 is 2.07 bits per heavy atom. The minimum atomic E-state index is -0.199. The van der Waals surface area contributed by atoms with Crippen LogP contribution in [0.1, 0.15) is 33.2 Å². The Morgan fingerprint density at radius 1 is 1.27 bits per heavy atom. The zero-order valence-electron chi connectivity index (χ0n) is 17.5. The number of carbonyl (C=O) groups is 1. The van der Waals surface area contributed by atoms with Gasteiger partial charge in [0.15, 0.2) is 11.5 Å². The third-order valence-corrected chi connectivity index (χ3v) is 5.52. The van der Waals surface area contributed by atoms with Crippen LogP contribution in [0, 0.1) is 5.92 Å². The standard InChI is InChI=1S/C22H26N4O4/c1-12(2)26-11-24-17-9-16(14-5-6-19(29-4)18(27)7-14)25-22(21(17)26)30-13(3)15-8-20(28)23-10-15/h5-7,9,11-13,15,27H,8,10H2,1-4H3,(H,23,28)/t13-,15-/m1/s1. The lowest BCUT2D eigenvalue weighted by molar-refractivity contribution is -0.119. The smallest absolute Gasteiger partial charge is 0.241 e. The lowest BCUT2D eigenvalue weighted by Gasteiger charge is -2.21. The average Bonchev–Trinajstić information content (AvgIpc) is 3.34. The summed E-state index contributed by atoms with van der Waals surface area (Å²) >= 11 is 0. The Morgan fingerprint density at radius 3 is 2.70 bits per heavy atom. The summed E-state index contributed by atoms with van der Waals surface area (Å²) in [5.41, 5.74) is 2.93. The van der Waals surface area contributed by atoms with Crippen LogP contribution in [0.3, 0.4) is 0 Å². The predicted octanol–water partition coefficient (Wildman–Crippen LogP) is 3.30. The van der Waals surface area contributed by atoms with Crippen LogP contribution in [0.2, 0.25) is 0 Å². The van der Waals surface area contributed by atoms with Crippen molar-refractivity contribution in [2.75, 3.05) is 13.7 Å². The Labute approximate surface area is 174 Å². The number of imidazole rings is 1. The summed E-state index contributed by atoms with van der Waals surface area (Å²) < 4.78 is 13.5. The van der Waals surface area contributed by atoms with Gasteiger partial charge in [0.1, 0.15) is 11.6 Å². The van der Waals surface area contributed by atoms with Crippen LogP contribution in [-0.4, -0.2) is 45.3 Å². The van der Waals surface area contributed by atoms with E-state index in [2.05, 4.69) is 24.1 Å². The molecule has 158 valence electrons. The van der Waals surface area contributed by atoms with Gasteiger partial charge >= 0.3 is 0 Å². The van der Waals surface area contributed by atoms with Crippen molar-refractivity contribution in [3.8, 4) is 28.6 Å². The van der Waals surface area contributed by atoms with Crippen molar-refractivity contribution in [1.29, 1.82) is 0 Å². The van der Waals surface area contributed by atoms with Crippen molar-refractivity contribution in [2.24, 2.45) is 5.92 Å². The highest BCUT2D eigenvalue weighted by molar-refractivity contribution is 5.85. The molecule has 1 aliphatic rings. The zero-order valence-corrected chi connectivity index (χ0v) is 17.5. The molecule has 0 spiro atoms. The first-order valence-electron chi connectivity index (χ1n) is 10.1. The van der Waals surface area contributed by atoms with E-state index in [1.807, 2.05) is 23.6 Å². The summed E-state index contributed by atoms with van der Waals surface area (Å²) in [5.74, 6) is 1.03. The van der Waals surface area contributed by atoms with E-state index in [1.54, 1.807) is 18.5 Å². The molecule has 2 atom stereocenters. The summed E-state index contributed by atoms with van der Waals surface area (Å²) in [5, 5.41) is 13.0. The lowest BCUT2D eigenvalue weighted by atomic mass is 10.0. The molecule has 1 fully saturated rings. The second-order valence-electron chi connectivity index (χ2n) is 7.90. The molecule has 2 N–H and O–H groups in total. The second kappa shape index (κ2) is 7.85. The number of phenolic OH excluding ortho intramolecular Hbond substituents is 1. The molecule has 1 amide bonds. The number of carbonyl (C=O) groups excluding carboxylic acids is 1. The van der Waals surface area contributed by atoms with Crippen molar-refractivity contribution >= 4 is 16.9 Å². The SMILES string of the molecule is COc1ccc(-c2cc3ncn(C(C)C)c3c(O[C@H](C)[C@H]3CNC(=O)C3)n2)cc1O. The number of pyridine rings is 1. The van der Waals surface area contributed by atoms with E-state index in [4.69, 9.17) is 14.5 Å². The average molecular weight is 410 g/mol. The topological polar surface area (TPSA) is 98.5 Å². The molecule has 3 aromatic rings. The number of aromatic nitrogens is 3. The summed E-state index contributed by atoms with van der Waals surface area (Å²) in [6, 6.07) is 7.20. The van der Waals surface area contributed by atoms with Gasteiger partial charge in [0.05, 0.1) is 24.6 Å². The number of nitrogens with one attached hydrogen (secondary N) is 1. The number of methoxy groups -OCH3 is 1. The molecule has 1 aliphatic heterocycles. The summed E-state index contributed by atoms with van der Waals surface area (Å²) in [7, 11) is 1.51. The molecule has 8 heteroatoms. The maximum absolute atomic E-state index is 11.6. The highest BCUT2D eigenvalue weighted by Crippen LogP contribution is 2.35. The van der Waals surface area contributed by atoms with E-state index in [-0.39, 0.29) is 29.7 Å². The normalized spacial score (nSPS) is 17.4. The molecule has 0 radical (unpaired) electrons. The number of hydrogen-bond acceptors (Lipinski definition) is 6. The van der Waals surface area contributed by atoms with Crippen molar-refractivity contribution in [3.63, 3.8) is 0 Å². The molecule has 8 nitrogen and oxygen atoms in total. The molecule has 0 unspecified atom stereocenters. The van der Waals surface area contributed by atoms with Crippen LogP contribution in [0.15, 0.2) is 30.6 Å². The molecule has 1 aromatic carbocycles. The van der Waals surface area contributed by atoms with Crippen LogP contribution < -0.4 is 14.8 Å². The van der Waals surface area contributed by atoms with Crippen LogP contribution >= 0.6 is 0 Å². The third kappa shape index (κ3) is 3.65. The molecule has 30 heavy (non-hydrogen) atoms. The van der Waals surface area contributed by atoms with Gasteiger partial charge in [-0.25, -0.2) is 9.97 Å². The number of phenols is 1. The zero-order chi connectivity index (χ0) is 21.4. The molecule has 4 rings (SSSR count). The Bertz CT molecular complexity index is 1090. The minimum absolute atomic E-state index is 0.0379. The Hall–Kier alpha value is -3.29. The van der Waals surface area contributed by atoms with E-state index >= 15 is 0 Å². The summed E-state index contributed by atoms with van der Waals surface area (Å²) in [6.45, 7) is 6.70. The van der Waals surface area contributed by atoms with Gasteiger partial charge in [-0.3, -0.25) is 4.79 Å². The number of amides is 1. The number of hydrogen-bond donors (Lipinski definition) is 2. The summed E-state index contributed by atoms with van der Waals surface area (Å²) in [6.07, 6.45) is 2.03. The number of benzene rings is 1. The first-order chi connectivity index (χ1) is 14.4. The number of rotatable bonds is 6. The van der Waals surface area contributed by atoms with Crippen LogP contribution in [-0.2, 0) is 4.79 Å². The van der Waals surface area contributed by atoms with E-state index in [9.17, 15) is 9.90 Å². The highest BCUT2D eigenvalue weighted by Gasteiger charge is 2.29. The van der Waals surface area contributed by atoms with Crippen LogP contribution in [0.25, 0.3) is 22.3 Å². The molecule has 0 saturated carbocycles. The van der Waals surface area contributed by atoms with Crippen molar-refractivity contribution < 1.29 is 19.4 Å². The number of ether oxygens (including phenoxy) is 2. The number of aromatic hydroxyl groups is 1. The first kappa shape index (κ1) is 20.0. The van der Waals surface area contributed by atoms with E-state index < -0.39 is 0 Å². The monoisotopic (exact) mass is 410 g/mol. The third-order valence-electron chi connectivity index (χ3n) is 5.52. The maximum Gasteiger partial charge on any atom is 0.241 e. The molecular weight excluding hydrogens is 384 g/mol. The van der Waals surface area contributed by atoms with Gasteiger partial charge in [0.2, 0.25) is 11.8 Å². The fraction of sp³-hybridized carbons (Fsp3) is 0.409. The van der Waals surface area contributed by atoms with Crippen molar-refractivity contribution in [2.45, 2.75) is 39.3 Å². The van der Waals surface area contributed by atoms with Gasteiger partial charge in [0.25, 0.3) is 0 Å². The quantitative estimate of drug-likeness (QED) is 0.647. The Kier molecular flexibility index (Phi) is 5.24. The second-order valence-corrected chi connectivity index (χ2v) is 7.90. The number of fused-ring (bicyclic) bond motifs is 1. The van der Waals surface area contributed by atoms with E-state index in [1.165, 1.54) is 7.11 Å². The number of nitrogens with zero attached hydrogens (tertiary/aromatic N) is 3. The van der Waals surface area contributed by atoms with Gasteiger partial charge in [-0.15, -0.1) is 0 Å². The van der Waals surface area contributed by atoms with Gasteiger partial charge < -0.3 is 24.5 Å². The predicted molar refractivity (Wildman–Crippen MR) is 113 cm³/mol. The minimum Gasteiger partial charge on any atom is -0.504 e. The highest BCUT2D eigenvalue weighted by atomic mass is 16.5. The lowest BCUT2D eigenvalue weighted by Crippen LogP contribution is -2.26. The van der Waals surface area contributed by atoms with Gasteiger partial charge in [-0.05, 0) is 45.0 Å². The fourth-order valence-corrected chi connectivity index (χ4v) is 3.73. The summed E-state index contributed by atoms with van der Waals surface area (Å²) in [4.78, 5) is 20.9.